The predicted molar refractivity (Wildman–Crippen MR) is 80.1 cm³/mol. The van der Waals surface area contributed by atoms with E-state index in [1.807, 2.05) is 19.1 Å². The number of nitrogens with two attached hydrogens (primary N) is 1. The molecule has 1 aromatic heterocycles. The molecule has 2 aromatic rings. The number of ether oxygens (including phenoxy) is 1. The summed E-state index contributed by atoms with van der Waals surface area (Å²) in [6.45, 7) is 4.61. The van der Waals surface area contributed by atoms with Crippen molar-refractivity contribution in [1.82, 2.24) is 0 Å². The third kappa shape index (κ3) is 3.34. The lowest BCUT2D eigenvalue weighted by atomic mass is 10.1. The van der Waals surface area contributed by atoms with Crippen molar-refractivity contribution in [2.24, 2.45) is 5.73 Å². The summed E-state index contributed by atoms with van der Waals surface area (Å²) in [6, 6.07) is 8.20. The summed E-state index contributed by atoms with van der Waals surface area (Å²) in [5.74, 6) is 0.884. The largest absolute Gasteiger partial charge is 0.488 e. The average Bonchev–Trinajstić information content (AvgIpc) is 2.72. The lowest BCUT2D eigenvalue weighted by molar-refractivity contribution is 0.305. The van der Waals surface area contributed by atoms with Gasteiger partial charge < -0.3 is 10.5 Å². The van der Waals surface area contributed by atoms with Gasteiger partial charge in [-0.15, -0.1) is 11.3 Å². The Labute approximate surface area is 120 Å². The van der Waals surface area contributed by atoms with Gasteiger partial charge >= 0.3 is 0 Å². The maximum Gasteiger partial charge on any atom is 0.124 e. The van der Waals surface area contributed by atoms with Crippen molar-refractivity contribution in [3.63, 3.8) is 0 Å². The fraction of sp³-hybridized carbons (Fsp3) is 0.286. The second-order valence-electron chi connectivity index (χ2n) is 4.35. The van der Waals surface area contributed by atoms with Crippen molar-refractivity contribution in [3.05, 3.63) is 50.1 Å². The molecule has 0 radical (unpaired) electrons. The monoisotopic (exact) mass is 325 g/mol. The molecule has 1 unspecified atom stereocenters. The van der Waals surface area contributed by atoms with Crippen molar-refractivity contribution in [2.75, 3.05) is 0 Å². The van der Waals surface area contributed by atoms with E-state index in [2.05, 4.69) is 40.4 Å². The smallest absolute Gasteiger partial charge is 0.124 e. The maximum absolute atomic E-state index is 5.95. The standard InChI is InChI=1S/C14H16BrNOS/c1-9-3-4-13(10(2)16)14(5-9)17-7-12-6-11(15)8-18-12/h3-6,8,10H,7,16H2,1-2H3. The first kappa shape index (κ1) is 13.6. The third-order valence-corrected chi connectivity index (χ3v) is 4.32. The topological polar surface area (TPSA) is 35.2 Å². The van der Waals surface area contributed by atoms with Crippen LogP contribution in [0.25, 0.3) is 0 Å². The van der Waals surface area contributed by atoms with Crippen molar-refractivity contribution in [3.8, 4) is 5.75 Å². The van der Waals surface area contributed by atoms with Crippen molar-refractivity contribution in [1.29, 1.82) is 0 Å². The van der Waals surface area contributed by atoms with Crippen LogP contribution in [0.15, 0.2) is 34.1 Å². The highest BCUT2D eigenvalue weighted by Gasteiger charge is 2.09. The van der Waals surface area contributed by atoms with Crippen molar-refractivity contribution in [2.45, 2.75) is 26.5 Å². The van der Waals surface area contributed by atoms with Crippen LogP contribution in [-0.2, 0) is 6.61 Å². The van der Waals surface area contributed by atoms with Crippen molar-refractivity contribution >= 4 is 27.3 Å². The van der Waals surface area contributed by atoms with E-state index in [1.165, 1.54) is 10.4 Å². The molecule has 2 N–H and O–H groups in total. The Hall–Kier alpha value is -0.840. The van der Waals surface area contributed by atoms with E-state index in [9.17, 15) is 0 Å². The number of hydrogen-bond acceptors (Lipinski definition) is 3. The number of aryl methyl sites for hydroxylation is 1. The highest BCUT2D eigenvalue weighted by Crippen LogP contribution is 2.27. The first-order valence-electron chi connectivity index (χ1n) is 5.78. The van der Waals surface area contributed by atoms with Gasteiger partial charge in [-0.25, -0.2) is 0 Å². The molecule has 2 nitrogen and oxygen atoms in total. The molecule has 1 atom stereocenters. The zero-order valence-electron chi connectivity index (χ0n) is 10.4. The Morgan fingerprint density at radius 3 is 2.78 bits per heavy atom. The van der Waals surface area contributed by atoms with Crippen LogP contribution in [0.3, 0.4) is 0 Å². The second kappa shape index (κ2) is 5.87. The van der Waals surface area contributed by atoms with E-state index < -0.39 is 0 Å². The second-order valence-corrected chi connectivity index (χ2v) is 6.26. The molecular weight excluding hydrogens is 310 g/mol. The highest BCUT2D eigenvalue weighted by molar-refractivity contribution is 9.10. The maximum atomic E-state index is 5.95. The molecule has 1 heterocycles. The van der Waals surface area contributed by atoms with Gasteiger partial charge in [0.15, 0.2) is 0 Å². The Bertz CT molecular complexity index is 536. The molecule has 0 saturated heterocycles. The Morgan fingerprint density at radius 2 is 2.17 bits per heavy atom. The summed E-state index contributed by atoms with van der Waals surface area (Å²) in [5.41, 5.74) is 8.19. The molecule has 0 spiro atoms. The van der Waals surface area contributed by atoms with Gasteiger partial charge in [-0.2, -0.15) is 0 Å². The molecule has 4 heteroatoms. The number of hydrogen-bond donors (Lipinski definition) is 1. The minimum absolute atomic E-state index is 0.0179. The van der Waals surface area contributed by atoms with Gasteiger partial charge in [0.1, 0.15) is 12.4 Å². The van der Waals surface area contributed by atoms with E-state index in [4.69, 9.17) is 10.5 Å². The fourth-order valence-electron chi connectivity index (χ4n) is 1.72. The number of rotatable bonds is 4. The minimum atomic E-state index is -0.0179. The quantitative estimate of drug-likeness (QED) is 0.903. The van der Waals surface area contributed by atoms with Gasteiger partial charge in [0.05, 0.1) is 0 Å². The van der Waals surface area contributed by atoms with E-state index in [-0.39, 0.29) is 6.04 Å². The molecule has 2 rings (SSSR count). The number of halogens is 1. The van der Waals surface area contributed by atoms with Crippen LogP contribution in [0.5, 0.6) is 5.75 Å². The van der Waals surface area contributed by atoms with Gasteiger partial charge in [-0.3, -0.25) is 0 Å². The molecular formula is C14H16BrNOS. The molecule has 96 valence electrons. The molecule has 0 aliphatic rings. The van der Waals surface area contributed by atoms with E-state index in [0.717, 1.165) is 15.8 Å². The van der Waals surface area contributed by atoms with Crippen LogP contribution in [-0.4, -0.2) is 0 Å². The van der Waals surface area contributed by atoms with Crippen LogP contribution in [0.4, 0.5) is 0 Å². The third-order valence-electron chi connectivity index (χ3n) is 2.65. The molecule has 0 aliphatic carbocycles. The van der Waals surface area contributed by atoms with Gasteiger partial charge in [0.2, 0.25) is 0 Å². The number of benzene rings is 1. The summed E-state index contributed by atoms with van der Waals surface area (Å²) < 4.78 is 6.99. The Morgan fingerprint density at radius 1 is 1.39 bits per heavy atom. The zero-order valence-corrected chi connectivity index (χ0v) is 12.8. The van der Waals surface area contributed by atoms with E-state index in [0.29, 0.717) is 6.61 Å². The van der Waals surface area contributed by atoms with Gasteiger partial charge in [0, 0.05) is 26.3 Å². The van der Waals surface area contributed by atoms with Crippen LogP contribution >= 0.6 is 27.3 Å². The SMILES string of the molecule is Cc1ccc(C(C)N)c(OCc2cc(Br)cs2)c1. The average molecular weight is 326 g/mol. The summed E-state index contributed by atoms with van der Waals surface area (Å²) >= 11 is 5.13. The summed E-state index contributed by atoms with van der Waals surface area (Å²) in [7, 11) is 0. The first-order valence-corrected chi connectivity index (χ1v) is 7.45. The molecule has 18 heavy (non-hydrogen) atoms. The van der Waals surface area contributed by atoms with Gasteiger partial charge in [-0.1, -0.05) is 12.1 Å². The summed E-state index contributed by atoms with van der Waals surface area (Å²) in [5, 5.41) is 2.06. The van der Waals surface area contributed by atoms with Crippen LogP contribution in [0.2, 0.25) is 0 Å². The number of thiophene rings is 1. The van der Waals surface area contributed by atoms with Crippen molar-refractivity contribution < 1.29 is 4.74 Å². The highest BCUT2D eigenvalue weighted by atomic mass is 79.9. The normalized spacial score (nSPS) is 12.4. The zero-order chi connectivity index (χ0) is 13.1. The lowest BCUT2D eigenvalue weighted by Gasteiger charge is -2.14. The van der Waals surface area contributed by atoms with Crippen LogP contribution < -0.4 is 10.5 Å². The Balaban J connectivity index is 2.15. The molecule has 0 aliphatic heterocycles. The molecule has 0 amide bonds. The predicted octanol–water partition coefficient (Wildman–Crippen LogP) is 4.42. The van der Waals surface area contributed by atoms with Gasteiger partial charge in [-0.05, 0) is 47.5 Å². The van der Waals surface area contributed by atoms with Crippen LogP contribution in [0, 0.1) is 6.92 Å². The van der Waals surface area contributed by atoms with Crippen LogP contribution in [0.1, 0.15) is 29.0 Å². The molecule has 1 aromatic carbocycles. The van der Waals surface area contributed by atoms with E-state index >= 15 is 0 Å². The van der Waals surface area contributed by atoms with E-state index in [1.54, 1.807) is 11.3 Å². The van der Waals surface area contributed by atoms with Gasteiger partial charge in [0.25, 0.3) is 0 Å². The summed E-state index contributed by atoms with van der Waals surface area (Å²) in [4.78, 5) is 1.19. The lowest BCUT2D eigenvalue weighted by Crippen LogP contribution is -2.08. The Kier molecular flexibility index (Phi) is 4.43. The molecule has 0 bridgehead atoms. The molecule has 0 fully saturated rings. The fourth-order valence-corrected chi connectivity index (χ4v) is 3.08. The molecule has 0 saturated carbocycles. The first-order chi connectivity index (χ1) is 8.56. The minimum Gasteiger partial charge on any atom is -0.488 e. The summed E-state index contributed by atoms with van der Waals surface area (Å²) in [6.07, 6.45) is 0.